The molecule has 0 heterocycles. The fourth-order valence-electron chi connectivity index (χ4n) is 1.76. The fourth-order valence-corrected chi connectivity index (χ4v) is 1.76. The minimum atomic E-state index is -0.485. The number of hydrogen-bond donors (Lipinski definition) is 2. The number of rotatable bonds is 6. The maximum absolute atomic E-state index is 11.9. The number of nitrogens with one attached hydrogen (secondary N) is 1. The first-order chi connectivity index (χ1) is 9.56. The quantitative estimate of drug-likeness (QED) is 0.582. The summed E-state index contributed by atoms with van der Waals surface area (Å²) in [4.78, 5) is 17.9. The van der Waals surface area contributed by atoms with E-state index in [1.807, 2.05) is 39.6 Å². The molecule has 0 fully saturated rings. The van der Waals surface area contributed by atoms with Gasteiger partial charge in [0, 0.05) is 26.2 Å². The molecular weight excluding hydrogens is 268 g/mol. The van der Waals surface area contributed by atoms with Crippen LogP contribution in [0.15, 0.2) is 4.99 Å². The Morgan fingerprint density at radius 1 is 1.38 bits per heavy atom. The van der Waals surface area contributed by atoms with E-state index in [0.717, 1.165) is 13.0 Å². The molecule has 0 spiro atoms. The summed E-state index contributed by atoms with van der Waals surface area (Å²) in [5.41, 5.74) is 5.35. The first-order valence-corrected chi connectivity index (χ1v) is 7.57. The molecule has 0 radical (unpaired) electrons. The topological polar surface area (TPSA) is 80.0 Å². The van der Waals surface area contributed by atoms with E-state index in [-0.39, 0.29) is 12.1 Å². The SMILES string of the molecule is CCN=C(N)N(C)CCC(NC(=O)OC(C)(C)C)C(C)C. The van der Waals surface area contributed by atoms with Gasteiger partial charge in [-0.3, -0.25) is 4.99 Å². The highest BCUT2D eigenvalue weighted by Crippen LogP contribution is 2.11. The molecular formula is C15H32N4O2. The van der Waals surface area contributed by atoms with Crippen molar-refractivity contribution in [3.8, 4) is 0 Å². The van der Waals surface area contributed by atoms with E-state index in [1.54, 1.807) is 0 Å². The second-order valence-electron chi connectivity index (χ2n) is 6.54. The van der Waals surface area contributed by atoms with Crippen LogP contribution in [0.3, 0.4) is 0 Å². The lowest BCUT2D eigenvalue weighted by atomic mass is 10.0. The lowest BCUT2D eigenvalue weighted by Gasteiger charge is -2.27. The van der Waals surface area contributed by atoms with Crippen LogP contribution >= 0.6 is 0 Å². The zero-order chi connectivity index (χ0) is 16.6. The monoisotopic (exact) mass is 300 g/mol. The number of guanidine groups is 1. The van der Waals surface area contributed by atoms with Crippen LogP contribution in [0.1, 0.15) is 48.0 Å². The van der Waals surface area contributed by atoms with E-state index >= 15 is 0 Å². The molecule has 0 aromatic carbocycles. The maximum atomic E-state index is 11.9. The Kier molecular flexibility index (Phi) is 8.14. The average Bonchev–Trinajstić information content (AvgIpc) is 2.31. The Balaban J connectivity index is 4.45. The summed E-state index contributed by atoms with van der Waals surface area (Å²) >= 11 is 0. The van der Waals surface area contributed by atoms with Crippen molar-refractivity contribution in [1.29, 1.82) is 0 Å². The Bertz CT molecular complexity index is 348. The number of amides is 1. The van der Waals surface area contributed by atoms with Gasteiger partial charge in [0.1, 0.15) is 5.60 Å². The zero-order valence-electron chi connectivity index (χ0n) is 14.6. The van der Waals surface area contributed by atoms with Crippen molar-refractivity contribution in [2.75, 3.05) is 20.1 Å². The average molecular weight is 300 g/mol. The number of carbonyl (C=O) groups is 1. The van der Waals surface area contributed by atoms with Crippen LogP contribution in [0.2, 0.25) is 0 Å². The Morgan fingerprint density at radius 2 is 1.95 bits per heavy atom. The maximum Gasteiger partial charge on any atom is 0.407 e. The van der Waals surface area contributed by atoms with Crippen LogP contribution in [-0.4, -0.2) is 48.7 Å². The van der Waals surface area contributed by atoms with E-state index < -0.39 is 5.60 Å². The highest BCUT2D eigenvalue weighted by Gasteiger charge is 2.21. The van der Waals surface area contributed by atoms with Gasteiger partial charge in [-0.1, -0.05) is 13.8 Å². The highest BCUT2D eigenvalue weighted by molar-refractivity contribution is 5.77. The third kappa shape index (κ3) is 9.15. The lowest BCUT2D eigenvalue weighted by Crippen LogP contribution is -2.44. The molecule has 3 N–H and O–H groups in total. The van der Waals surface area contributed by atoms with Crippen molar-refractivity contribution in [3.63, 3.8) is 0 Å². The van der Waals surface area contributed by atoms with Crippen molar-refractivity contribution in [2.45, 2.75) is 59.6 Å². The second kappa shape index (κ2) is 8.74. The van der Waals surface area contributed by atoms with Crippen molar-refractivity contribution >= 4 is 12.1 Å². The van der Waals surface area contributed by atoms with Crippen molar-refractivity contribution < 1.29 is 9.53 Å². The number of nitrogens with zero attached hydrogens (tertiary/aromatic N) is 2. The van der Waals surface area contributed by atoms with E-state index in [9.17, 15) is 4.79 Å². The molecule has 0 saturated carbocycles. The van der Waals surface area contributed by atoms with Crippen molar-refractivity contribution in [1.82, 2.24) is 10.2 Å². The van der Waals surface area contributed by atoms with Crippen LogP contribution < -0.4 is 11.1 Å². The standard InChI is InChI=1S/C15H32N4O2/c1-8-17-13(16)19(7)10-9-12(11(2)3)18-14(20)21-15(4,5)6/h11-12H,8-10H2,1-7H3,(H2,16,17)(H,18,20). The normalized spacial score (nSPS) is 14.0. The predicted molar refractivity (Wildman–Crippen MR) is 87.4 cm³/mol. The van der Waals surface area contributed by atoms with Gasteiger partial charge < -0.3 is 20.7 Å². The summed E-state index contributed by atoms with van der Waals surface area (Å²) in [5.74, 6) is 0.840. The molecule has 0 rings (SSSR count). The molecule has 0 aromatic rings. The number of alkyl carbamates (subject to hydrolysis) is 1. The second-order valence-corrected chi connectivity index (χ2v) is 6.54. The van der Waals surface area contributed by atoms with Gasteiger partial charge in [-0.2, -0.15) is 0 Å². The molecule has 0 aromatic heterocycles. The predicted octanol–water partition coefficient (Wildman–Crippen LogP) is 2.19. The third-order valence-corrected chi connectivity index (χ3v) is 2.99. The summed E-state index contributed by atoms with van der Waals surface area (Å²) in [5, 5.41) is 2.93. The summed E-state index contributed by atoms with van der Waals surface area (Å²) in [6.45, 7) is 13.1. The van der Waals surface area contributed by atoms with Gasteiger partial charge in [-0.25, -0.2) is 4.79 Å². The van der Waals surface area contributed by atoms with Crippen LogP contribution in [0, 0.1) is 5.92 Å². The Hall–Kier alpha value is -1.46. The number of hydrogen-bond acceptors (Lipinski definition) is 3. The fraction of sp³-hybridized carbons (Fsp3) is 0.867. The summed E-state index contributed by atoms with van der Waals surface area (Å²) in [6, 6.07) is 0.0386. The number of aliphatic imine (C=N–C) groups is 1. The third-order valence-electron chi connectivity index (χ3n) is 2.99. The smallest absolute Gasteiger partial charge is 0.407 e. The van der Waals surface area contributed by atoms with E-state index in [2.05, 4.69) is 24.2 Å². The molecule has 0 aliphatic rings. The molecule has 1 atom stereocenters. The zero-order valence-corrected chi connectivity index (χ0v) is 14.6. The summed E-state index contributed by atoms with van der Waals surface area (Å²) < 4.78 is 5.30. The first kappa shape index (κ1) is 19.5. The largest absolute Gasteiger partial charge is 0.444 e. The van der Waals surface area contributed by atoms with Gasteiger partial charge in [-0.15, -0.1) is 0 Å². The van der Waals surface area contributed by atoms with Crippen molar-refractivity contribution in [3.05, 3.63) is 0 Å². The molecule has 6 nitrogen and oxygen atoms in total. The highest BCUT2D eigenvalue weighted by atomic mass is 16.6. The molecule has 0 aliphatic heterocycles. The van der Waals surface area contributed by atoms with Crippen LogP contribution in [0.4, 0.5) is 4.79 Å². The molecule has 0 bridgehead atoms. The van der Waals surface area contributed by atoms with Gasteiger partial charge in [0.05, 0.1) is 0 Å². The van der Waals surface area contributed by atoms with E-state index in [4.69, 9.17) is 10.5 Å². The van der Waals surface area contributed by atoms with Crippen molar-refractivity contribution in [2.24, 2.45) is 16.6 Å². The molecule has 124 valence electrons. The number of ether oxygens (including phenoxy) is 1. The Morgan fingerprint density at radius 3 is 2.38 bits per heavy atom. The minimum absolute atomic E-state index is 0.0386. The molecule has 0 aliphatic carbocycles. The minimum Gasteiger partial charge on any atom is -0.444 e. The number of nitrogens with two attached hydrogens (primary N) is 1. The van der Waals surface area contributed by atoms with E-state index in [0.29, 0.717) is 18.4 Å². The van der Waals surface area contributed by atoms with Crippen LogP contribution in [0.25, 0.3) is 0 Å². The molecule has 21 heavy (non-hydrogen) atoms. The van der Waals surface area contributed by atoms with Gasteiger partial charge in [-0.05, 0) is 40.0 Å². The van der Waals surface area contributed by atoms with Crippen LogP contribution in [-0.2, 0) is 4.74 Å². The summed E-state index contributed by atoms with van der Waals surface area (Å²) in [7, 11) is 1.90. The molecule has 1 amide bonds. The van der Waals surface area contributed by atoms with Gasteiger partial charge in [0.15, 0.2) is 5.96 Å². The molecule has 6 heteroatoms. The van der Waals surface area contributed by atoms with Crippen LogP contribution in [0.5, 0.6) is 0 Å². The first-order valence-electron chi connectivity index (χ1n) is 7.57. The number of carbonyl (C=O) groups excluding carboxylic acids is 1. The van der Waals surface area contributed by atoms with Gasteiger partial charge in [0.25, 0.3) is 0 Å². The molecule has 0 saturated heterocycles. The lowest BCUT2D eigenvalue weighted by molar-refractivity contribution is 0.0486. The molecule has 1 unspecified atom stereocenters. The summed E-state index contributed by atoms with van der Waals surface area (Å²) in [6.07, 6.45) is 0.409. The van der Waals surface area contributed by atoms with Gasteiger partial charge in [0.2, 0.25) is 0 Å². The Labute approximate surface area is 129 Å². The van der Waals surface area contributed by atoms with Gasteiger partial charge >= 0.3 is 6.09 Å². The van der Waals surface area contributed by atoms with E-state index in [1.165, 1.54) is 0 Å².